The Balaban J connectivity index is 2.21. The summed E-state index contributed by atoms with van der Waals surface area (Å²) in [6.45, 7) is 6.43. The predicted molar refractivity (Wildman–Crippen MR) is 71.0 cm³/mol. The van der Waals surface area contributed by atoms with E-state index in [0.29, 0.717) is 5.92 Å². The number of hydrogen-bond acceptors (Lipinski definition) is 1. The first-order chi connectivity index (χ1) is 8.69. The third-order valence-corrected chi connectivity index (χ3v) is 3.91. The van der Waals surface area contributed by atoms with E-state index in [1.807, 2.05) is 0 Å². The number of benzene rings is 1. The number of rotatable bonds is 2. The molecule has 0 bridgehead atoms. The SMILES string of the molecule is CC1CC(C)(C)CC1Nc1ccccc1C(F)(F)F. The Bertz CT molecular complexity index is 451. The lowest BCUT2D eigenvalue weighted by Crippen LogP contribution is -2.24. The second-order valence-corrected chi connectivity index (χ2v) is 6.34. The van der Waals surface area contributed by atoms with Crippen molar-refractivity contribution in [3.05, 3.63) is 29.8 Å². The molecule has 106 valence electrons. The summed E-state index contributed by atoms with van der Waals surface area (Å²) in [6.07, 6.45) is -2.36. The van der Waals surface area contributed by atoms with E-state index in [1.54, 1.807) is 6.07 Å². The Labute approximate surface area is 112 Å². The third-order valence-electron chi connectivity index (χ3n) is 3.91. The summed E-state index contributed by atoms with van der Waals surface area (Å²) in [5.74, 6) is 0.385. The summed E-state index contributed by atoms with van der Waals surface area (Å²) in [7, 11) is 0. The van der Waals surface area contributed by atoms with Gasteiger partial charge in [0.15, 0.2) is 0 Å². The zero-order valence-electron chi connectivity index (χ0n) is 11.5. The Kier molecular flexibility index (Phi) is 3.54. The molecule has 1 aliphatic carbocycles. The molecule has 1 saturated carbocycles. The lowest BCUT2D eigenvalue weighted by atomic mass is 9.91. The van der Waals surface area contributed by atoms with E-state index in [9.17, 15) is 13.2 Å². The van der Waals surface area contributed by atoms with E-state index in [2.05, 4.69) is 26.1 Å². The maximum atomic E-state index is 12.9. The standard InChI is InChI=1S/C15H20F3N/c1-10-8-14(2,3)9-13(10)19-12-7-5-4-6-11(12)15(16,17)18/h4-7,10,13,19H,8-9H2,1-3H3. The molecule has 1 nitrogen and oxygen atoms in total. The summed E-state index contributed by atoms with van der Waals surface area (Å²) in [6, 6.07) is 5.82. The molecule has 0 aromatic heterocycles. The van der Waals surface area contributed by atoms with Crippen LogP contribution in [0.5, 0.6) is 0 Å². The summed E-state index contributed by atoms with van der Waals surface area (Å²) < 4.78 is 38.8. The van der Waals surface area contributed by atoms with Crippen LogP contribution >= 0.6 is 0 Å². The summed E-state index contributed by atoms with van der Waals surface area (Å²) >= 11 is 0. The van der Waals surface area contributed by atoms with Gasteiger partial charge in [-0.2, -0.15) is 13.2 Å². The maximum Gasteiger partial charge on any atom is 0.418 e. The van der Waals surface area contributed by atoms with Gasteiger partial charge < -0.3 is 5.32 Å². The number of hydrogen-bond donors (Lipinski definition) is 1. The molecule has 1 aliphatic rings. The van der Waals surface area contributed by atoms with Crippen molar-refractivity contribution < 1.29 is 13.2 Å². The average molecular weight is 271 g/mol. The molecule has 0 saturated heterocycles. The molecule has 0 radical (unpaired) electrons. The van der Waals surface area contributed by atoms with Crippen LogP contribution in [0.2, 0.25) is 0 Å². The van der Waals surface area contributed by atoms with Crippen LogP contribution in [-0.2, 0) is 6.18 Å². The van der Waals surface area contributed by atoms with Gasteiger partial charge in [0, 0.05) is 11.7 Å². The van der Waals surface area contributed by atoms with Gasteiger partial charge in [-0.15, -0.1) is 0 Å². The van der Waals surface area contributed by atoms with Crippen molar-refractivity contribution in [3.8, 4) is 0 Å². The second-order valence-electron chi connectivity index (χ2n) is 6.34. The van der Waals surface area contributed by atoms with Crippen molar-refractivity contribution in [2.75, 3.05) is 5.32 Å². The molecule has 0 heterocycles. The highest BCUT2D eigenvalue weighted by molar-refractivity contribution is 5.53. The molecule has 19 heavy (non-hydrogen) atoms. The Morgan fingerprint density at radius 1 is 1.16 bits per heavy atom. The van der Waals surface area contributed by atoms with Crippen LogP contribution in [0.25, 0.3) is 0 Å². The number of halogens is 3. The minimum absolute atomic E-state index is 0.110. The van der Waals surface area contributed by atoms with Crippen molar-refractivity contribution in [3.63, 3.8) is 0 Å². The second kappa shape index (κ2) is 4.73. The molecule has 0 amide bonds. The van der Waals surface area contributed by atoms with Crippen molar-refractivity contribution in [2.24, 2.45) is 11.3 Å². The number of alkyl halides is 3. The van der Waals surface area contributed by atoms with Gasteiger partial charge in [0.05, 0.1) is 5.56 Å². The van der Waals surface area contributed by atoms with E-state index in [0.717, 1.165) is 18.9 Å². The summed E-state index contributed by atoms with van der Waals surface area (Å²) in [5, 5.41) is 3.10. The lowest BCUT2D eigenvalue weighted by Gasteiger charge is -2.22. The molecule has 2 atom stereocenters. The normalized spacial score (nSPS) is 26.4. The lowest BCUT2D eigenvalue weighted by molar-refractivity contribution is -0.137. The van der Waals surface area contributed by atoms with E-state index >= 15 is 0 Å². The van der Waals surface area contributed by atoms with E-state index in [-0.39, 0.29) is 17.1 Å². The first-order valence-electron chi connectivity index (χ1n) is 6.62. The highest BCUT2D eigenvalue weighted by Crippen LogP contribution is 2.43. The first kappa shape index (κ1) is 14.2. The summed E-state index contributed by atoms with van der Waals surface area (Å²) in [4.78, 5) is 0. The van der Waals surface area contributed by atoms with Crippen LogP contribution < -0.4 is 5.32 Å². The van der Waals surface area contributed by atoms with Crippen molar-refractivity contribution in [1.82, 2.24) is 0 Å². The fraction of sp³-hybridized carbons (Fsp3) is 0.600. The highest BCUT2D eigenvalue weighted by Gasteiger charge is 2.38. The van der Waals surface area contributed by atoms with Crippen LogP contribution in [0.15, 0.2) is 24.3 Å². The van der Waals surface area contributed by atoms with Crippen LogP contribution in [-0.4, -0.2) is 6.04 Å². The Morgan fingerprint density at radius 3 is 2.32 bits per heavy atom. The van der Waals surface area contributed by atoms with Gasteiger partial charge >= 0.3 is 6.18 Å². The number of nitrogens with one attached hydrogen (secondary N) is 1. The van der Waals surface area contributed by atoms with Gasteiger partial charge in [0.1, 0.15) is 0 Å². The Morgan fingerprint density at radius 2 is 1.79 bits per heavy atom. The van der Waals surface area contributed by atoms with Gasteiger partial charge in [-0.05, 0) is 36.3 Å². The van der Waals surface area contributed by atoms with E-state index in [1.165, 1.54) is 12.1 Å². The smallest absolute Gasteiger partial charge is 0.382 e. The van der Waals surface area contributed by atoms with E-state index < -0.39 is 11.7 Å². The van der Waals surface area contributed by atoms with Crippen LogP contribution in [0.4, 0.5) is 18.9 Å². The molecule has 0 spiro atoms. The molecule has 1 N–H and O–H groups in total. The van der Waals surface area contributed by atoms with Crippen molar-refractivity contribution in [1.29, 1.82) is 0 Å². The largest absolute Gasteiger partial charge is 0.418 e. The van der Waals surface area contributed by atoms with Gasteiger partial charge in [0.25, 0.3) is 0 Å². The molecular weight excluding hydrogens is 251 g/mol. The van der Waals surface area contributed by atoms with Crippen LogP contribution in [0.3, 0.4) is 0 Å². The average Bonchev–Trinajstić information content (AvgIpc) is 2.51. The predicted octanol–water partition coefficient (Wildman–Crippen LogP) is 4.94. The monoisotopic (exact) mass is 271 g/mol. The zero-order chi connectivity index (χ0) is 14.3. The maximum absolute atomic E-state index is 12.9. The van der Waals surface area contributed by atoms with Gasteiger partial charge in [-0.3, -0.25) is 0 Å². The fourth-order valence-electron chi connectivity index (χ4n) is 3.14. The quantitative estimate of drug-likeness (QED) is 0.803. The van der Waals surface area contributed by atoms with Gasteiger partial charge in [-0.25, -0.2) is 0 Å². The minimum Gasteiger partial charge on any atom is -0.382 e. The van der Waals surface area contributed by atoms with Crippen LogP contribution in [0, 0.1) is 11.3 Å². The van der Waals surface area contributed by atoms with Crippen molar-refractivity contribution >= 4 is 5.69 Å². The Hall–Kier alpha value is -1.19. The number of para-hydroxylation sites is 1. The zero-order valence-corrected chi connectivity index (χ0v) is 11.5. The topological polar surface area (TPSA) is 12.0 Å². The van der Waals surface area contributed by atoms with Crippen molar-refractivity contribution in [2.45, 2.75) is 45.8 Å². The molecule has 0 aliphatic heterocycles. The first-order valence-corrected chi connectivity index (χ1v) is 6.62. The summed E-state index contributed by atoms with van der Waals surface area (Å²) in [5.41, 5.74) is -0.180. The molecule has 2 unspecified atom stereocenters. The number of anilines is 1. The fourth-order valence-corrected chi connectivity index (χ4v) is 3.14. The van der Waals surface area contributed by atoms with Gasteiger partial charge in [0.2, 0.25) is 0 Å². The van der Waals surface area contributed by atoms with Crippen LogP contribution in [0.1, 0.15) is 39.2 Å². The van der Waals surface area contributed by atoms with E-state index in [4.69, 9.17) is 0 Å². The van der Waals surface area contributed by atoms with Gasteiger partial charge in [-0.1, -0.05) is 32.9 Å². The molecule has 1 aromatic rings. The molecule has 1 aromatic carbocycles. The molecule has 4 heteroatoms. The third kappa shape index (κ3) is 3.23. The highest BCUT2D eigenvalue weighted by atomic mass is 19.4. The molecule has 1 fully saturated rings. The molecular formula is C15H20F3N. The molecule has 2 rings (SSSR count). The minimum atomic E-state index is -4.30.